The summed E-state index contributed by atoms with van der Waals surface area (Å²) in [5, 5.41) is 0. The van der Waals surface area contributed by atoms with Crippen molar-refractivity contribution in [3.05, 3.63) is 85.1 Å². The Morgan fingerprint density at radius 3 is 0.901 bits per heavy atom. The summed E-state index contributed by atoms with van der Waals surface area (Å²) in [7, 11) is 0. The van der Waals surface area contributed by atoms with Crippen LogP contribution < -0.4 is 0 Å². The van der Waals surface area contributed by atoms with Crippen LogP contribution in [0.25, 0.3) is 0 Å². The van der Waals surface area contributed by atoms with E-state index in [1.54, 1.807) is 0 Å². The molecule has 6 nitrogen and oxygen atoms in total. The molecule has 0 aromatic rings. The SMILES string of the molecule is CCCCC/C=C\C/C=C\C/C=C\C/C=C\C/C=C\CCC(=O)OC[C@H](COC(=O)CCCCCCC/C=C\C/C=C\CCCCC)OC(=O)CCCCCCCCCCCCCCCCCCCCC. The Hall–Kier alpha value is -3.41. The average molecular weight is 990 g/mol. The molecule has 0 aliphatic carbocycles. The molecule has 71 heavy (non-hydrogen) atoms. The van der Waals surface area contributed by atoms with Gasteiger partial charge in [-0.05, 0) is 89.9 Å². The maximum absolute atomic E-state index is 12.9. The highest BCUT2D eigenvalue weighted by molar-refractivity contribution is 5.71. The van der Waals surface area contributed by atoms with Crippen molar-refractivity contribution < 1.29 is 28.6 Å². The number of hydrogen-bond donors (Lipinski definition) is 0. The number of rotatable bonds is 54. The molecule has 0 spiro atoms. The molecule has 0 heterocycles. The van der Waals surface area contributed by atoms with Crippen LogP contribution in [0.2, 0.25) is 0 Å². The van der Waals surface area contributed by atoms with Crippen LogP contribution in [0.4, 0.5) is 0 Å². The molecule has 0 aromatic heterocycles. The highest BCUT2D eigenvalue weighted by Gasteiger charge is 2.19. The van der Waals surface area contributed by atoms with Crippen molar-refractivity contribution in [3.63, 3.8) is 0 Å². The highest BCUT2D eigenvalue weighted by atomic mass is 16.6. The topological polar surface area (TPSA) is 78.9 Å². The molecule has 0 aliphatic heterocycles. The van der Waals surface area contributed by atoms with Gasteiger partial charge in [0, 0.05) is 19.3 Å². The molecular weight excluding hydrogens is 877 g/mol. The van der Waals surface area contributed by atoms with Crippen LogP contribution in [-0.4, -0.2) is 37.2 Å². The van der Waals surface area contributed by atoms with Crippen molar-refractivity contribution >= 4 is 17.9 Å². The van der Waals surface area contributed by atoms with Gasteiger partial charge in [0.2, 0.25) is 0 Å². The van der Waals surface area contributed by atoms with Gasteiger partial charge in [-0.15, -0.1) is 0 Å². The smallest absolute Gasteiger partial charge is 0.306 e. The molecule has 0 rings (SSSR count). The molecule has 0 aliphatic rings. The number of unbranched alkanes of at least 4 members (excludes halogenated alkanes) is 29. The van der Waals surface area contributed by atoms with E-state index in [2.05, 4.69) is 99.8 Å². The van der Waals surface area contributed by atoms with E-state index in [9.17, 15) is 14.4 Å². The fraction of sp³-hybridized carbons (Fsp3) is 0.738. The van der Waals surface area contributed by atoms with Crippen molar-refractivity contribution in [2.75, 3.05) is 13.2 Å². The van der Waals surface area contributed by atoms with Gasteiger partial charge >= 0.3 is 17.9 Å². The summed E-state index contributed by atoms with van der Waals surface area (Å²) in [6, 6.07) is 0. The zero-order chi connectivity index (χ0) is 51.4. The number of ether oxygens (including phenoxy) is 3. The number of esters is 3. The van der Waals surface area contributed by atoms with Crippen molar-refractivity contribution in [1.29, 1.82) is 0 Å². The van der Waals surface area contributed by atoms with Crippen LogP contribution in [0.1, 0.15) is 290 Å². The molecule has 0 radical (unpaired) electrons. The van der Waals surface area contributed by atoms with Gasteiger partial charge in [0.25, 0.3) is 0 Å². The van der Waals surface area contributed by atoms with Crippen molar-refractivity contribution in [2.45, 2.75) is 297 Å². The van der Waals surface area contributed by atoms with Gasteiger partial charge in [-0.2, -0.15) is 0 Å². The van der Waals surface area contributed by atoms with Gasteiger partial charge in [-0.1, -0.05) is 266 Å². The van der Waals surface area contributed by atoms with E-state index in [1.165, 1.54) is 154 Å². The van der Waals surface area contributed by atoms with Gasteiger partial charge in [0.15, 0.2) is 6.10 Å². The van der Waals surface area contributed by atoms with Crippen molar-refractivity contribution in [3.8, 4) is 0 Å². The Morgan fingerprint density at radius 1 is 0.282 bits per heavy atom. The summed E-state index contributed by atoms with van der Waals surface area (Å²) >= 11 is 0. The van der Waals surface area contributed by atoms with Crippen LogP contribution in [0.5, 0.6) is 0 Å². The Balaban J connectivity index is 4.48. The lowest BCUT2D eigenvalue weighted by Gasteiger charge is -2.18. The first kappa shape index (κ1) is 67.6. The molecule has 0 saturated heterocycles. The highest BCUT2D eigenvalue weighted by Crippen LogP contribution is 2.16. The second kappa shape index (κ2) is 59.2. The third kappa shape index (κ3) is 57.4. The Bertz CT molecular complexity index is 1370. The maximum atomic E-state index is 12.9. The third-order valence-electron chi connectivity index (χ3n) is 12.9. The van der Waals surface area contributed by atoms with Crippen LogP contribution in [0.15, 0.2) is 85.1 Å². The lowest BCUT2D eigenvalue weighted by molar-refractivity contribution is -0.166. The molecule has 0 N–H and O–H groups in total. The standard InChI is InChI=1S/C65H112O6/c1-4-7-10-13-16-19-22-25-28-30-32-34-37-40-43-46-49-52-55-58-64(67)70-61-62(60-69-63(66)57-54-51-48-45-42-39-36-27-24-21-18-15-12-9-6-3)71-65(68)59-56-53-50-47-44-41-38-35-33-31-29-26-23-20-17-14-11-8-5-2/h16,18-19,21,25,27-28,32,34,36,40,43,49,52,62H,4-15,17,20,22-24,26,29-31,33,35,37-39,41-42,44-48,50-51,53-61H2,1-3H3/b19-16-,21-18-,28-25-,34-32-,36-27-,43-40-,52-49-/t62-/m0/s1. The van der Waals surface area contributed by atoms with Gasteiger partial charge < -0.3 is 14.2 Å². The summed E-state index contributed by atoms with van der Waals surface area (Å²) in [4.78, 5) is 38.2. The first-order valence-electron chi connectivity index (χ1n) is 30.1. The molecule has 0 amide bonds. The van der Waals surface area contributed by atoms with E-state index in [4.69, 9.17) is 14.2 Å². The van der Waals surface area contributed by atoms with Crippen LogP contribution in [0.3, 0.4) is 0 Å². The molecule has 0 bridgehead atoms. The molecule has 1 atom stereocenters. The van der Waals surface area contributed by atoms with Crippen LogP contribution in [-0.2, 0) is 28.6 Å². The molecule has 0 saturated carbocycles. The fourth-order valence-electron chi connectivity index (χ4n) is 8.34. The predicted octanol–water partition coefficient (Wildman–Crippen LogP) is 20.3. The summed E-state index contributed by atoms with van der Waals surface area (Å²) in [6.07, 6.45) is 77.3. The maximum Gasteiger partial charge on any atom is 0.306 e. The average Bonchev–Trinajstić information content (AvgIpc) is 3.37. The zero-order valence-electron chi connectivity index (χ0n) is 46.7. The lowest BCUT2D eigenvalue weighted by Crippen LogP contribution is -2.30. The van der Waals surface area contributed by atoms with E-state index in [0.717, 1.165) is 89.9 Å². The van der Waals surface area contributed by atoms with Crippen LogP contribution in [0, 0.1) is 0 Å². The summed E-state index contributed by atoms with van der Waals surface area (Å²) in [6.45, 7) is 6.54. The molecule has 6 heteroatoms. The summed E-state index contributed by atoms with van der Waals surface area (Å²) in [5.41, 5.74) is 0. The van der Waals surface area contributed by atoms with Crippen molar-refractivity contribution in [1.82, 2.24) is 0 Å². The van der Waals surface area contributed by atoms with E-state index in [-0.39, 0.29) is 37.5 Å². The van der Waals surface area contributed by atoms with E-state index < -0.39 is 6.10 Å². The van der Waals surface area contributed by atoms with Gasteiger partial charge in [0.1, 0.15) is 13.2 Å². The third-order valence-corrected chi connectivity index (χ3v) is 12.9. The normalized spacial score (nSPS) is 12.7. The summed E-state index contributed by atoms with van der Waals surface area (Å²) < 4.78 is 16.8. The van der Waals surface area contributed by atoms with Gasteiger partial charge in [-0.25, -0.2) is 0 Å². The number of carbonyl (C=O) groups is 3. The molecule has 408 valence electrons. The predicted molar refractivity (Wildman–Crippen MR) is 307 cm³/mol. The molecule has 0 fully saturated rings. The lowest BCUT2D eigenvalue weighted by atomic mass is 10.0. The first-order chi connectivity index (χ1) is 35.0. The molecule has 0 unspecified atom stereocenters. The largest absolute Gasteiger partial charge is 0.462 e. The second-order valence-corrected chi connectivity index (χ2v) is 19.9. The van der Waals surface area contributed by atoms with E-state index in [0.29, 0.717) is 19.3 Å². The van der Waals surface area contributed by atoms with E-state index >= 15 is 0 Å². The minimum Gasteiger partial charge on any atom is -0.462 e. The molecular formula is C65H112O6. The minimum absolute atomic E-state index is 0.105. The molecule has 0 aromatic carbocycles. The first-order valence-corrected chi connectivity index (χ1v) is 30.1. The Morgan fingerprint density at radius 2 is 0.535 bits per heavy atom. The number of allylic oxidation sites excluding steroid dienone is 14. The zero-order valence-corrected chi connectivity index (χ0v) is 46.7. The van der Waals surface area contributed by atoms with E-state index in [1.807, 2.05) is 6.08 Å². The number of hydrogen-bond acceptors (Lipinski definition) is 6. The van der Waals surface area contributed by atoms with Crippen molar-refractivity contribution in [2.24, 2.45) is 0 Å². The number of carbonyl (C=O) groups excluding carboxylic acids is 3. The fourth-order valence-corrected chi connectivity index (χ4v) is 8.34. The Labute approximate surface area is 439 Å². The minimum atomic E-state index is -0.812. The van der Waals surface area contributed by atoms with Gasteiger partial charge in [0.05, 0.1) is 0 Å². The summed E-state index contributed by atoms with van der Waals surface area (Å²) in [5.74, 6) is -0.993. The second-order valence-electron chi connectivity index (χ2n) is 19.9. The quantitative estimate of drug-likeness (QED) is 0.0261. The Kier molecular flexibility index (Phi) is 56.3. The van der Waals surface area contributed by atoms with Gasteiger partial charge in [-0.3, -0.25) is 14.4 Å². The van der Waals surface area contributed by atoms with Crippen LogP contribution >= 0.6 is 0 Å². The monoisotopic (exact) mass is 989 g/mol.